The van der Waals surface area contributed by atoms with Crippen molar-refractivity contribution in [3.05, 3.63) is 65.5 Å². The molecule has 3 rings (SSSR count). The fourth-order valence-corrected chi connectivity index (χ4v) is 3.76. The van der Waals surface area contributed by atoms with Crippen molar-refractivity contribution in [2.45, 2.75) is 32.0 Å². The number of halogens is 1. The number of esters is 1. The molecule has 0 saturated carbocycles. The Morgan fingerprint density at radius 3 is 2.58 bits per heavy atom. The highest BCUT2D eigenvalue weighted by Gasteiger charge is 2.26. The summed E-state index contributed by atoms with van der Waals surface area (Å²) in [6.07, 6.45) is 0.912. The maximum absolute atomic E-state index is 13.0. The normalized spacial score (nSPS) is 16.1. The number of aliphatic hydroxyl groups is 1. The van der Waals surface area contributed by atoms with Crippen molar-refractivity contribution in [1.29, 1.82) is 0 Å². The summed E-state index contributed by atoms with van der Waals surface area (Å²) in [6, 6.07) is 14.2. The van der Waals surface area contributed by atoms with Crippen molar-refractivity contribution >= 4 is 5.97 Å². The molecule has 1 atom stereocenters. The second-order valence-electron chi connectivity index (χ2n) is 7.94. The van der Waals surface area contributed by atoms with Gasteiger partial charge in [-0.1, -0.05) is 24.3 Å². The Hall–Kier alpha value is -2.48. The molecule has 0 unspecified atom stereocenters. The zero-order valence-electron chi connectivity index (χ0n) is 17.9. The van der Waals surface area contributed by atoms with Gasteiger partial charge in [-0.3, -0.25) is 4.79 Å². The summed E-state index contributed by atoms with van der Waals surface area (Å²) < 4.78 is 23.6. The quantitative estimate of drug-likeness (QED) is 0.565. The van der Waals surface area contributed by atoms with Crippen molar-refractivity contribution in [2.75, 3.05) is 33.4 Å². The van der Waals surface area contributed by atoms with Gasteiger partial charge in [0, 0.05) is 19.6 Å². The minimum absolute atomic E-state index is 0.0333. The van der Waals surface area contributed by atoms with Crippen LogP contribution in [-0.2, 0) is 22.6 Å². The van der Waals surface area contributed by atoms with E-state index in [1.165, 1.54) is 19.2 Å². The van der Waals surface area contributed by atoms with E-state index >= 15 is 0 Å². The first kappa shape index (κ1) is 23.2. The van der Waals surface area contributed by atoms with E-state index < -0.39 is 6.10 Å². The second-order valence-corrected chi connectivity index (χ2v) is 7.94. The molecule has 2 aromatic rings. The van der Waals surface area contributed by atoms with Crippen LogP contribution >= 0.6 is 0 Å². The number of hydrogen-bond donors (Lipinski definition) is 2. The SMILES string of the molecule is COC(=O)C1CCN(C[C@H](O)COc2cccc(CNCc3ccc(F)cc3)c2)CC1. The zero-order valence-corrected chi connectivity index (χ0v) is 17.9. The number of β-amino-alcohol motifs (C(OH)–C–C–N with tert-alkyl or cyclic N) is 1. The second kappa shape index (κ2) is 11.8. The molecule has 1 aliphatic heterocycles. The average molecular weight is 431 g/mol. The van der Waals surface area contributed by atoms with Crippen molar-refractivity contribution in [2.24, 2.45) is 5.92 Å². The molecule has 1 heterocycles. The van der Waals surface area contributed by atoms with Gasteiger partial charge in [-0.05, 0) is 61.3 Å². The van der Waals surface area contributed by atoms with Gasteiger partial charge in [-0.2, -0.15) is 0 Å². The predicted octanol–water partition coefficient (Wildman–Crippen LogP) is 2.74. The van der Waals surface area contributed by atoms with Crippen LogP contribution in [0, 0.1) is 11.7 Å². The third-order valence-electron chi connectivity index (χ3n) is 5.50. The van der Waals surface area contributed by atoms with Crippen molar-refractivity contribution in [1.82, 2.24) is 10.2 Å². The molecule has 0 aliphatic carbocycles. The number of piperidine rings is 1. The van der Waals surface area contributed by atoms with Crippen molar-refractivity contribution in [3.63, 3.8) is 0 Å². The van der Waals surface area contributed by atoms with Crippen LogP contribution in [0.4, 0.5) is 4.39 Å². The summed E-state index contributed by atoms with van der Waals surface area (Å²) in [7, 11) is 1.42. The molecule has 0 radical (unpaired) electrons. The molecule has 7 heteroatoms. The number of likely N-dealkylation sites (tertiary alicyclic amines) is 1. The molecule has 0 spiro atoms. The minimum atomic E-state index is -0.602. The van der Waals surface area contributed by atoms with Crippen LogP contribution in [-0.4, -0.2) is 55.4 Å². The molecule has 6 nitrogen and oxygen atoms in total. The fourth-order valence-electron chi connectivity index (χ4n) is 3.76. The minimum Gasteiger partial charge on any atom is -0.491 e. The number of rotatable bonds is 10. The van der Waals surface area contributed by atoms with E-state index in [2.05, 4.69) is 10.2 Å². The molecule has 2 aromatic carbocycles. The molecule has 0 amide bonds. The summed E-state index contributed by atoms with van der Waals surface area (Å²) >= 11 is 0. The Kier molecular flexibility index (Phi) is 8.82. The van der Waals surface area contributed by atoms with E-state index in [-0.39, 0.29) is 24.3 Å². The first-order chi connectivity index (χ1) is 15.0. The van der Waals surface area contributed by atoms with Gasteiger partial charge in [0.1, 0.15) is 24.3 Å². The van der Waals surface area contributed by atoms with Crippen LogP contribution in [0.2, 0.25) is 0 Å². The fraction of sp³-hybridized carbons (Fsp3) is 0.458. The topological polar surface area (TPSA) is 71.0 Å². The first-order valence-corrected chi connectivity index (χ1v) is 10.7. The summed E-state index contributed by atoms with van der Waals surface area (Å²) in [4.78, 5) is 13.8. The first-order valence-electron chi connectivity index (χ1n) is 10.7. The van der Waals surface area contributed by atoms with E-state index in [1.807, 2.05) is 24.3 Å². The van der Waals surface area contributed by atoms with Crippen LogP contribution in [0.25, 0.3) is 0 Å². The number of aliphatic hydroxyl groups excluding tert-OH is 1. The molecule has 31 heavy (non-hydrogen) atoms. The van der Waals surface area contributed by atoms with Crippen LogP contribution < -0.4 is 10.1 Å². The lowest BCUT2D eigenvalue weighted by molar-refractivity contribution is -0.147. The maximum Gasteiger partial charge on any atom is 0.308 e. The van der Waals surface area contributed by atoms with Gasteiger partial charge >= 0.3 is 5.97 Å². The molecule has 1 saturated heterocycles. The summed E-state index contributed by atoms with van der Waals surface area (Å²) in [6.45, 7) is 3.58. The van der Waals surface area contributed by atoms with Gasteiger partial charge in [-0.25, -0.2) is 4.39 Å². The Morgan fingerprint density at radius 2 is 1.87 bits per heavy atom. The van der Waals surface area contributed by atoms with E-state index in [0.717, 1.165) is 37.1 Å². The van der Waals surface area contributed by atoms with Gasteiger partial charge in [0.2, 0.25) is 0 Å². The number of ether oxygens (including phenoxy) is 2. The molecule has 168 valence electrons. The number of benzene rings is 2. The molecule has 1 aliphatic rings. The lowest BCUT2D eigenvalue weighted by Crippen LogP contribution is -2.42. The van der Waals surface area contributed by atoms with Crippen LogP contribution in [0.15, 0.2) is 48.5 Å². The number of carbonyl (C=O) groups is 1. The molecular formula is C24H31FN2O4. The number of methoxy groups -OCH3 is 1. The molecular weight excluding hydrogens is 399 g/mol. The highest BCUT2D eigenvalue weighted by molar-refractivity contribution is 5.72. The number of hydrogen-bond acceptors (Lipinski definition) is 6. The summed E-state index contributed by atoms with van der Waals surface area (Å²) in [5.74, 6) is 0.301. The lowest BCUT2D eigenvalue weighted by Gasteiger charge is -2.31. The largest absolute Gasteiger partial charge is 0.491 e. The van der Waals surface area contributed by atoms with E-state index in [1.54, 1.807) is 12.1 Å². The van der Waals surface area contributed by atoms with Crippen molar-refractivity contribution < 1.29 is 23.8 Å². The predicted molar refractivity (Wildman–Crippen MR) is 116 cm³/mol. The highest BCUT2D eigenvalue weighted by atomic mass is 19.1. The molecule has 2 N–H and O–H groups in total. The number of nitrogens with one attached hydrogen (secondary N) is 1. The third kappa shape index (κ3) is 7.61. The number of carbonyl (C=O) groups excluding carboxylic acids is 1. The van der Waals surface area contributed by atoms with Gasteiger partial charge in [0.15, 0.2) is 0 Å². The monoisotopic (exact) mass is 430 g/mol. The van der Waals surface area contributed by atoms with Crippen LogP contribution in [0.5, 0.6) is 5.75 Å². The van der Waals surface area contributed by atoms with Crippen molar-refractivity contribution in [3.8, 4) is 5.75 Å². The Balaban J connectivity index is 1.37. The smallest absolute Gasteiger partial charge is 0.308 e. The van der Waals surface area contributed by atoms with Crippen LogP contribution in [0.3, 0.4) is 0 Å². The van der Waals surface area contributed by atoms with Crippen LogP contribution in [0.1, 0.15) is 24.0 Å². The Morgan fingerprint density at radius 1 is 1.16 bits per heavy atom. The molecule has 0 bridgehead atoms. The lowest BCUT2D eigenvalue weighted by atomic mass is 9.97. The van der Waals surface area contributed by atoms with Gasteiger partial charge in [-0.15, -0.1) is 0 Å². The van der Waals surface area contributed by atoms with E-state index in [9.17, 15) is 14.3 Å². The van der Waals surface area contributed by atoms with E-state index in [4.69, 9.17) is 9.47 Å². The standard InChI is InChI=1S/C24H31FN2O4/c1-30-24(29)20-9-11-27(12-10-20)16-22(28)17-31-23-4-2-3-19(13-23)15-26-14-18-5-7-21(25)8-6-18/h2-8,13,20,22,26,28H,9-12,14-17H2,1H3/t22-/m0/s1. The van der Waals surface area contributed by atoms with Gasteiger partial charge < -0.3 is 24.8 Å². The van der Waals surface area contributed by atoms with Gasteiger partial charge in [0.05, 0.1) is 13.0 Å². The average Bonchev–Trinajstić information content (AvgIpc) is 2.79. The molecule has 0 aromatic heterocycles. The Labute approximate surface area is 183 Å². The summed E-state index contributed by atoms with van der Waals surface area (Å²) in [5, 5.41) is 13.7. The van der Waals surface area contributed by atoms with E-state index in [0.29, 0.717) is 25.4 Å². The summed E-state index contributed by atoms with van der Waals surface area (Å²) in [5.41, 5.74) is 2.09. The zero-order chi connectivity index (χ0) is 22.1. The number of nitrogens with zero attached hydrogens (tertiary/aromatic N) is 1. The Bertz CT molecular complexity index is 823. The third-order valence-corrected chi connectivity index (χ3v) is 5.50. The maximum atomic E-state index is 13.0. The molecule has 1 fully saturated rings. The highest BCUT2D eigenvalue weighted by Crippen LogP contribution is 2.19. The van der Waals surface area contributed by atoms with Gasteiger partial charge in [0.25, 0.3) is 0 Å².